The fourth-order valence-corrected chi connectivity index (χ4v) is 4.69. The maximum absolute atomic E-state index is 11.2. The zero-order chi connectivity index (χ0) is 25.2. The molecule has 1 N–H and O–H groups in total. The van der Waals surface area contributed by atoms with Gasteiger partial charge in [0.25, 0.3) is 0 Å². The molecule has 6 nitrogen and oxygen atoms in total. The van der Waals surface area contributed by atoms with Crippen molar-refractivity contribution in [2.45, 2.75) is 55.7 Å². The van der Waals surface area contributed by atoms with Crippen molar-refractivity contribution in [3.05, 3.63) is 108 Å². The van der Waals surface area contributed by atoms with Gasteiger partial charge in [0.1, 0.15) is 37.3 Å². The Morgan fingerprint density at radius 2 is 0.972 bits per heavy atom. The lowest BCUT2D eigenvalue weighted by Crippen LogP contribution is -2.64. The molecular formula is C29H33ClO6. The van der Waals surface area contributed by atoms with Crippen LogP contribution in [0.1, 0.15) is 16.7 Å². The van der Waals surface area contributed by atoms with Crippen molar-refractivity contribution < 1.29 is 28.8 Å². The van der Waals surface area contributed by atoms with E-state index in [1.807, 2.05) is 91.0 Å². The summed E-state index contributed by atoms with van der Waals surface area (Å²) >= 11 is 6.80. The van der Waals surface area contributed by atoms with Crippen molar-refractivity contribution in [1.82, 2.24) is 0 Å². The number of hydrogen-bond acceptors (Lipinski definition) is 6. The lowest BCUT2D eigenvalue weighted by Gasteiger charge is -2.46. The van der Waals surface area contributed by atoms with Gasteiger partial charge in [-0.2, -0.15) is 0 Å². The van der Waals surface area contributed by atoms with Gasteiger partial charge in [-0.1, -0.05) is 91.0 Å². The van der Waals surface area contributed by atoms with Crippen molar-refractivity contribution in [3.63, 3.8) is 0 Å². The maximum atomic E-state index is 11.2. The summed E-state index contributed by atoms with van der Waals surface area (Å²) in [5.41, 5.74) is 3.00. The highest BCUT2D eigenvalue weighted by molar-refractivity contribution is 6.21. The van der Waals surface area contributed by atoms with E-state index in [1.54, 1.807) is 0 Å². The van der Waals surface area contributed by atoms with Crippen LogP contribution < -0.4 is 0 Å². The molecular weight excluding hydrogens is 480 g/mol. The minimum absolute atomic E-state index is 0.0164. The van der Waals surface area contributed by atoms with Gasteiger partial charge in [-0.15, -0.1) is 11.6 Å². The van der Waals surface area contributed by atoms with Gasteiger partial charge in [-0.3, -0.25) is 0 Å². The maximum Gasteiger partial charge on any atom is 0.146 e. The SMILES string of the molecule is COCO[C@@H]1[C@H](O)[C@H](Cl)[C@@H](OCc2ccccc2)[C@H](OCc2ccccc2)[C@H]1OCc1ccccc1. The Balaban J connectivity index is 1.60. The molecule has 0 radical (unpaired) electrons. The first-order chi connectivity index (χ1) is 17.7. The topological polar surface area (TPSA) is 66.4 Å². The van der Waals surface area contributed by atoms with Gasteiger partial charge in [0.15, 0.2) is 0 Å². The third-order valence-corrected chi connectivity index (χ3v) is 6.69. The van der Waals surface area contributed by atoms with E-state index in [9.17, 15) is 5.11 Å². The highest BCUT2D eigenvalue weighted by Crippen LogP contribution is 2.34. The molecule has 0 aromatic heterocycles. The van der Waals surface area contributed by atoms with Crippen molar-refractivity contribution in [2.24, 2.45) is 0 Å². The molecule has 4 rings (SSSR count). The number of halogens is 1. The highest BCUT2D eigenvalue weighted by Gasteiger charge is 2.52. The number of benzene rings is 3. The summed E-state index contributed by atoms with van der Waals surface area (Å²) in [6, 6.07) is 29.5. The predicted molar refractivity (Wildman–Crippen MR) is 137 cm³/mol. The van der Waals surface area contributed by atoms with Crippen LogP contribution in [0.4, 0.5) is 0 Å². The molecule has 1 saturated carbocycles. The molecule has 6 atom stereocenters. The standard InChI is InChI=1S/C29H33ClO6/c1-32-20-36-27-25(31)24(30)26(33-17-21-11-5-2-6-12-21)28(34-18-22-13-7-3-8-14-22)29(27)35-19-23-15-9-4-10-16-23/h2-16,24-29,31H,17-20H2,1H3/t24-,25+,26+,27+,28-,29-/m0/s1. The molecule has 0 heterocycles. The molecule has 1 aliphatic carbocycles. The van der Waals surface area contributed by atoms with Crippen LogP contribution in [0.2, 0.25) is 0 Å². The molecule has 3 aromatic carbocycles. The molecule has 0 aliphatic heterocycles. The largest absolute Gasteiger partial charge is 0.389 e. The molecule has 0 unspecified atom stereocenters. The molecule has 3 aromatic rings. The molecule has 0 bridgehead atoms. The average Bonchev–Trinajstić information content (AvgIpc) is 2.93. The second-order valence-electron chi connectivity index (χ2n) is 8.76. The van der Waals surface area contributed by atoms with Gasteiger partial charge in [0.2, 0.25) is 0 Å². The van der Waals surface area contributed by atoms with Crippen LogP contribution in [0.25, 0.3) is 0 Å². The van der Waals surface area contributed by atoms with E-state index in [0.29, 0.717) is 19.8 Å². The summed E-state index contributed by atoms with van der Waals surface area (Å²) in [4.78, 5) is 0. The Morgan fingerprint density at radius 3 is 1.39 bits per heavy atom. The first-order valence-corrected chi connectivity index (χ1v) is 12.5. The van der Waals surface area contributed by atoms with E-state index in [-0.39, 0.29) is 6.79 Å². The Hall–Kier alpha value is -2.29. The first-order valence-electron chi connectivity index (χ1n) is 12.1. The second kappa shape index (κ2) is 13.9. The van der Waals surface area contributed by atoms with Crippen molar-refractivity contribution in [3.8, 4) is 0 Å². The molecule has 36 heavy (non-hydrogen) atoms. The van der Waals surface area contributed by atoms with E-state index < -0.39 is 35.9 Å². The molecule has 1 aliphatic rings. The zero-order valence-corrected chi connectivity index (χ0v) is 21.1. The van der Waals surface area contributed by atoms with Crippen molar-refractivity contribution in [1.29, 1.82) is 0 Å². The van der Waals surface area contributed by atoms with Gasteiger partial charge >= 0.3 is 0 Å². The van der Waals surface area contributed by atoms with Crippen molar-refractivity contribution in [2.75, 3.05) is 13.9 Å². The Kier molecular flexibility index (Phi) is 10.3. The van der Waals surface area contributed by atoms with Crippen LogP contribution in [0.3, 0.4) is 0 Å². The Labute approximate surface area is 217 Å². The van der Waals surface area contributed by atoms with Crippen molar-refractivity contribution >= 4 is 11.6 Å². The molecule has 192 valence electrons. The average molecular weight is 513 g/mol. The van der Waals surface area contributed by atoms with Crippen LogP contribution in [0.5, 0.6) is 0 Å². The summed E-state index contributed by atoms with van der Waals surface area (Å²) in [5, 5.41) is 10.4. The predicted octanol–water partition coefficient (Wildman–Crippen LogP) is 4.71. The van der Waals surface area contributed by atoms with E-state index in [0.717, 1.165) is 16.7 Å². The minimum atomic E-state index is -1.06. The van der Waals surface area contributed by atoms with Crippen LogP contribution >= 0.6 is 11.6 Å². The first kappa shape index (κ1) is 26.8. The number of aliphatic hydroxyl groups excluding tert-OH is 1. The Bertz CT molecular complexity index is 1010. The lowest BCUT2D eigenvalue weighted by atomic mass is 9.86. The molecule has 1 fully saturated rings. The smallest absolute Gasteiger partial charge is 0.146 e. The lowest BCUT2D eigenvalue weighted by molar-refractivity contribution is -0.249. The number of alkyl halides is 1. The number of methoxy groups -OCH3 is 1. The summed E-state index contributed by atoms with van der Waals surface area (Å²) in [5.74, 6) is 0. The summed E-state index contributed by atoms with van der Waals surface area (Å²) in [6.45, 7) is 0.951. The number of hydrogen-bond donors (Lipinski definition) is 1. The normalized spacial score (nSPS) is 26.1. The van der Waals surface area contributed by atoms with Gasteiger partial charge < -0.3 is 28.8 Å². The number of aliphatic hydroxyl groups is 1. The third kappa shape index (κ3) is 7.14. The van der Waals surface area contributed by atoms with Gasteiger partial charge in [0, 0.05) is 7.11 Å². The molecule has 0 spiro atoms. The van der Waals surface area contributed by atoms with Crippen LogP contribution in [-0.2, 0) is 43.5 Å². The number of ether oxygens (including phenoxy) is 5. The summed E-state index contributed by atoms with van der Waals surface area (Å²) in [7, 11) is 1.53. The monoisotopic (exact) mass is 512 g/mol. The van der Waals surface area contributed by atoms with Gasteiger partial charge in [0.05, 0.1) is 25.2 Å². The van der Waals surface area contributed by atoms with E-state index in [4.69, 9.17) is 35.3 Å². The molecule has 0 saturated heterocycles. The summed E-state index contributed by atoms with van der Waals surface area (Å²) < 4.78 is 30.1. The van der Waals surface area contributed by atoms with Crippen LogP contribution in [-0.4, -0.2) is 54.9 Å². The minimum Gasteiger partial charge on any atom is -0.389 e. The quantitative estimate of drug-likeness (QED) is 0.280. The zero-order valence-electron chi connectivity index (χ0n) is 20.3. The Morgan fingerprint density at radius 1 is 0.583 bits per heavy atom. The van der Waals surface area contributed by atoms with Crippen LogP contribution in [0.15, 0.2) is 91.0 Å². The van der Waals surface area contributed by atoms with Gasteiger partial charge in [-0.25, -0.2) is 0 Å². The van der Waals surface area contributed by atoms with Crippen LogP contribution in [0, 0.1) is 0 Å². The van der Waals surface area contributed by atoms with E-state index in [2.05, 4.69) is 0 Å². The molecule has 7 heteroatoms. The summed E-state index contributed by atoms with van der Waals surface area (Å²) in [6.07, 6.45) is -3.73. The fraction of sp³-hybridized carbons (Fsp3) is 0.379. The molecule has 0 amide bonds. The second-order valence-corrected chi connectivity index (χ2v) is 9.26. The van der Waals surface area contributed by atoms with E-state index in [1.165, 1.54) is 7.11 Å². The van der Waals surface area contributed by atoms with E-state index >= 15 is 0 Å². The highest BCUT2D eigenvalue weighted by atomic mass is 35.5. The fourth-order valence-electron chi connectivity index (χ4n) is 4.33. The third-order valence-electron chi connectivity index (χ3n) is 6.18. The number of rotatable bonds is 12. The van der Waals surface area contributed by atoms with Gasteiger partial charge in [-0.05, 0) is 16.7 Å².